The summed E-state index contributed by atoms with van der Waals surface area (Å²) >= 11 is 3.36. The van der Waals surface area contributed by atoms with E-state index in [4.69, 9.17) is 9.47 Å². The Balaban J connectivity index is 1.70. The minimum absolute atomic E-state index is 0.00162. The molecule has 2 N–H and O–H groups in total. The number of rotatable bonds is 5. The number of carbonyl (C=O) groups is 2. The van der Waals surface area contributed by atoms with Gasteiger partial charge >= 0.3 is 0 Å². The van der Waals surface area contributed by atoms with Crippen molar-refractivity contribution >= 4 is 27.6 Å². The number of ether oxygens (including phenoxy) is 2. The maximum atomic E-state index is 13.3. The lowest BCUT2D eigenvalue weighted by molar-refractivity contribution is -0.122. The molecule has 0 saturated heterocycles. The number of methoxy groups -OCH3 is 1. The zero-order chi connectivity index (χ0) is 22.1. The third-order valence-corrected chi connectivity index (χ3v) is 6.48. The van der Waals surface area contributed by atoms with Crippen molar-refractivity contribution in [3.63, 3.8) is 0 Å². The van der Waals surface area contributed by atoms with Gasteiger partial charge in [0.15, 0.2) is 17.3 Å². The van der Waals surface area contributed by atoms with E-state index in [-0.39, 0.29) is 35.7 Å². The Morgan fingerprint density at radius 2 is 1.84 bits per heavy atom. The molecule has 7 heteroatoms. The third kappa shape index (κ3) is 4.19. The second-order valence-corrected chi connectivity index (χ2v) is 8.64. The maximum Gasteiger partial charge on any atom is 0.225 e. The van der Waals surface area contributed by atoms with Crippen LogP contribution in [0.3, 0.4) is 0 Å². The number of benzene rings is 2. The molecule has 0 radical (unpaired) electrons. The van der Waals surface area contributed by atoms with Crippen LogP contribution in [0.5, 0.6) is 17.2 Å². The molecule has 2 atom stereocenters. The van der Waals surface area contributed by atoms with Crippen LogP contribution in [0, 0.1) is 0 Å². The highest BCUT2D eigenvalue weighted by Gasteiger charge is 2.38. The van der Waals surface area contributed by atoms with Crippen LogP contribution in [0.1, 0.15) is 49.1 Å². The molecule has 2 aliphatic rings. The molecule has 0 fully saturated rings. The molecule has 0 saturated carbocycles. The van der Waals surface area contributed by atoms with Gasteiger partial charge in [-0.05, 0) is 70.6 Å². The molecule has 162 valence electrons. The SMILES string of the molecule is CCOc1cc(C2CC(=O)NC3=C2C(=O)CC(c2ccc(OC)cc2)C3)cc(Br)c1O. The molecular weight excluding hydrogens is 462 g/mol. The van der Waals surface area contributed by atoms with Gasteiger partial charge in [-0.25, -0.2) is 0 Å². The number of Topliss-reactive ketones (excluding diaryl/α,β-unsaturated/α-hetero) is 1. The van der Waals surface area contributed by atoms with Crippen molar-refractivity contribution in [3.8, 4) is 17.2 Å². The molecule has 1 aliphatic carbocycles. The minimum atomic E-state index is -0.371. The quantitative estimate of drug-likeness (QED) is 0.647. The van der Waals surface area contributed by atoms with Crippen LogP contribution in [0.15, 0.2) is 52.1 Å². The fraction of sp³-hybridized carbons (Fsp3) is 0.333. The molecule has 0 spiro atoms. The highest BCUT2D eigenvalue weighted by molar-refractivity contribution is 9.10. The second kappa shape index (κ2) is 8.75. The first kappa shape index (κ1) is 21.4. The number of ketones is 1. The number of nitrogens with one attached hydrogen (secondary N) is 1. The van der Waals surface area contributed by atoms with Gasteiger partial charge in [-0.15, -0.1) is 0 Å². The number of hydrogen-bond acceptors (Lipinski definition) is 5. The number of phenolic OH excluding ortho intramolecular Hbond substituents is 1. The number of carbonyl (C=O) groups excluding carboxylic acids is 2. The van der Waals surface area contributed by atoms with Crippen LogP contribution in [-0.4, -0.2) is 30.5 Å². The fourth-order valence-corrected chi connectivity index (χ4v) is 4.88. The smallest absolute Gasteiger partial charge is 0.225 e. The lowest BCUT2D eigenvalue weighted by Gasteiger charge is -2.34. The summed E-state index contributed by atoms with van der Waals surface area (Å²) in [7, 11) is 1.62. The van der Waals surface area contributed by atoms with E-state index in [0.29, 0.717) is 40.9 Å². The molecule has 6 nitrogen and oxygen atoms in total. The molecular formula is C24H24BrNO5. The average molecular weight is 486 g/mol. The Kier molecular flexibility index (Phi) is 6.05. The van der Waals surface area contributed by atoms with Crippen molar-refractivity contribution in [1.29, 1.82) is 0 Å². The van der Waals surface area contributed by atoms with E-state index in [1.54, 1.807) is 19.2 Å². The first-order chi connectivity index (χ1) is 14.9. The first-order valence-electron chi connectivity index (χ1n) is 10.3. The summed E-state index contributed by atoms with van der Waals surface area (Å²) in [5.74, 6) is 0.656. The lowest BCUT2D eigenvalue weighted by atomic mass is 9.73. The van der Waals surface area contributed by atoms with Crippen LogP contribution in [0.25, 0.3) is 0 Å². The van der Waals surface area contributed by atoms with E-state index in [2.05, 4.69) is 21.2 Å². The van der Waals surface area contributed by atoms with E-state index < -0.39 is 0 Å². The van der Waals surface area contributed by atoms with Gasteiger partial charge in [0.25, 0.3) is 0 Å². The molecule has 0 bridgehead atoms. The van der Waals surface area contributed by atoms with E-state index in [9.17, 15) is 14.7 Å². The predicted molar refractivity (Wildman–Crippen MR) is 119 cm³/mol. The normalized spacial score (nSPS) is 20.9. The molecule has 2 unspecified atom stereocenters. The summed E-state index contributed by atoms with van der Waals surface area (Å²) in [5, 5.41) is 13.2. The van der Waals surface area contributed by atoms with E-state index in [1.165, 1.54) is 0 Å². The van der Waals surface area contributed by atoms with E-state index in [1.807, 2.05) is 31.2 Å². The van der Waals surface area contributed by atoms with Gasteiger partial charge in [0, 0.05) is 30.0 Å². The molecule has 4 rings (SSSR count). The number of halogens is 1. The zero-order valence-corrected chi connectivity index (χ0v) is 19.0. The summed E-state index contributed by atoms with van der Waals surface area (Å²) in [5.41, 5.74) is 3.17. The first-order valence-corrected chi connectivity index (χ1v) is 11.1. The van der Waals surface area contributed by atoms with Gasteiger partial charge in [0.2, 0.25) is 5.91 Å². The molecule has 1 heterocycles. The van der Waals surface area contributed by atoms with Gasteiger partial charge in [-0.3, -0.25) is 9.59 Å². The number of aromatic hydroxyl groups is 1. The van der Waals surface area contributed by atoms with Crippen molar-refractivity contribution in [2.75, 3.05) is 13.7 Å². The Labute approximate surface area is 189 Å². The molecule has 1 amide bonds. The molecule has 31 heavy (non-hydrogen) atoms. The van der Waals surface area contributed by atoms with Crippen LogP contribution >= 0.6 is 15.9 Å². The number of hydrogen-bond donors (Lipinski definition) is 2. The zero-order valence-electron chi connectivity index (χ0n) is 17.4. The Hall–Kier alpha value is -2.80. The van der Waals surface area contributed by atoms with Crippen molar-refractivity contribution in [2.45, 2.75) is 38.0 Å². The van der Waals surface area contributed by atoms with E-state index >= 15 is 0 Å². The second-order valence-electron chi connectivity index (χ2n) is 7.78. The molecule has 2 aromatic rings. The summed E-state index contributed by atoms with van der Waals surface area (Å²) in [4.78, 5) is 25.8. The van der Waals surface area contributed by atoms with Crippen molar-refractivity contribution in [1.82, 2.24) is 5.32 Å². The predicted octanol–water partition coefficient (Wildman–Crippen LogP) is 4.57. The Bertz CT molecular complexity index is 1060. The monoisotopic (exact) mass is 485 g/mol. The minimum Gasteiger partial charge on any atom is -0.503 e. The molecule has 2 aromatic carbocycles. The lowest BCUT2D eigenvalue weighted by Crippen LogP contribution is -2.38. The van der Waals surface area contributed by atoms with Crippen LogP contribution < -0.4 is 14.8 Å². The summed E-state index contributed by atoms with van der Waals surface area (Å²) < 4.78 is 11.2. The molecule has 0 aromatic heterocycles. The topological polar surface area (TPSA) is 84.9 Å². The van der Waals surface area contributed by atoms with Crippen LogP contribution in [0.2, 0.25) is 0 Å². The highest BCUT2D eigenvalue weighted by Crippen LogP contribution is 2.45. The Morgan fingerprint density at radius 3 is 2.52 bits per heavy atom. The van der Waals surface area contributed by atoms with Crippen molar-refractivity contribution < 1.29 is 24.2 Å². The van der Waals surface area contributed by atoms with Crippen LogP contribution in [0.4, 0.5) is 0 Å². The number of allylic oxidation sites excluding steroid dienone is 2. The Morgan fingerprint density at radius 1 is 1.10 bits per heavy atom. The number of phenols is 1. The summed E-state index contributed by atoms with van der Waals surface area (Å²) in [6, 6.07) is 11.2. The fourth-order valence-electron chi connectivity index (χ4n) is 4.42. The van der Waals surface area contributed by atoms with Crippen molar-refractivity contribution in [2.24, 2.45) is 0 Å². The number of amides is 1. The summed E-state index contributed by atoms with van der Waals surface area (Å²) in [6.45, 7) is 2.23. The van der Waals surface area contributed by atoms with E-state index in [0.717, 1.165) is 16.9 Å². The summed E-state index contributed by atoms with van der Waals surface area (Å²) in [6.07, 6.45) is 1.16. The van der Waals surface area contributed by atoms with Gasteiger partial charge < -0.3 is 19.9 Å². The third-order valence-electron chi connectivity index (χ3n) is 5.88. The maximum absolute atomic E-state index is 13.3. The van der Waals surface area contributed by atoms with Gasteiger partial charge in [-0.1, -0.05) is 12.1 Å². The standard InChI is InChI=1S/C24H24BrNO5/c1-3-31-21-11-15(8-18(25)24(21)29)17-12-22(28)26-19-9-14(10-20(27)23(17)19)13-4-6-16(30-2)7-5-13/h4-8,11,14,17,29H,3,9-10,12H2,1-2H3,(H,26,28). The van der Waals surface area contributed by atoms with Gasteiger partial charge in [-0.2, -0.15) is 0 Å². The largest absolute Gasteiger partial charge is 0.503 e. The van der Waals surface area contributed by atoms with Crippen LogP contribution in [-0.2, 0) is 9.59 Å². The van der Waals surface area contributed by atoms with Gasteiger partial charge in [0.05, 0.1) is 18.2 Å². The average Bonchev–Trinajstić information content (AvgIpc) is 2.76. The van der Waals surface area contributed by atoms with Crippen molar-refractivity contribution in [3.05, 3.63) is 63.3 Å². The highest BCUT2D eigenvalue weighted by atomic mass is 79.9. The molecule has 1 aliphatic heterocycles. The van der Waals surface area contributed by atoms with Gasteiger partial charge in [0.1, 0.15) is 5.75 Å².